The van der Waals surface area contributed by atoms with Gasteiger partial charge in [0.1, 0.15) is 5.52 Å². The van der Waals surface area contributed by atoms with E-state index in [0.29, 0.717) is 5.52 Å². The van der Waals surface area contributed by atoms with Crippen LogP contribution < -0.4 is 0 Å². The molecule has 0 unspecified atom stereocenters. The van der Waals surface area contributed by atoms with Gasteiger partial charge in [-0.1, -0.05) is 0 Å². The summed E-state index contributed by atoms with van der Waals surface area (Å²) >= 11 is 3.29. The van der Waals surface area contributed by atoms with Gasteiger partial charge in [0.05, 0.1) is 15.6 Å². The fourth-order valence-corrected chi connectivity index (χ4v) is 1.52. The molecule has 2 aromatic heterocycles. The van der Waals surface area contributed by atoms with Crippen LogP contribution in [0.4, 0.5) is 0 Å². The van der Waals surface area contributed by atoms with Crippen LogP contribution in [-0.4, -0.2) is 21.0 Å². The van der Waals surface area contributed by atoms with E-state index in [4.69, 9.17) is 5.11 Å². The van der Waals surface area contributed by atoms with E-state index in [0.717, 1.165) is 9.99 Å². The standard InChI is InChI=1S/C8H5BrN2O2.ClH/c9-5-3-10-6-1-4(8(12)13)2-11-7(5)6;/h1-3,10H,(H,12,13);1H. The average molecular weight is 278 g/mol. The Labute approximate surface area is 93.9 Å². The van der Waals surface area contributed by atoms with Crippen LogP contribution in [-0.2, 0) is 0 Å². The van der Waals surface area contributed by atoms with Gasteiger partial charge in [-0.2, -0.15) is 0 Å². The molecule has 0 atom stereocenters. The minimum Gasteiger partial charge on any atom is -0.478 e. The highest BCUT2D eigenvalue weighted by Crippen LogP contribution is 2.21. The van der Waals surface area contributed by atoms with Gasteiger partial charge in [0, 0.05) is 12.4 Å². The molecule has 4 nitrogen and oxygen atoms in total. The zero-order chi connectivity index (χ0) is 9.42. The van der Waals surface area contributed by atoms with Crippen LogP contribution in [0.2, 0.25) is 0 Å². The number of halogens is 2. The zero-order valence-electron chi connectivity index (χ0n) is 6.82. The molecule has 0 aliphatic rings. The van der Waals surface area contributed by atoms with Crippen molar-refractivity contribution in [1.82, 2.24) is 9.97 Å². The largest absolute Gasteiger partial charge is 0.478 e. The summed E-state index contributed by atoms with van der Waals surface area (Å²) in [7, 11) is 0. The average Bonchev–Trinajstić information content (AvgIpc) is 2.47. The number of aromatic nitrogens is 2. The van der Waals surface area contributed by atoms with Crippen molar-refractivity contribution in [3.05, 3.63) is 28.5 Å². The topological polar surface area (TPSA) is 66.0 Å². The second kappa shape index (κ2) is 3.98. The number of rotatable bonds is 1. The van der Waals surface area contributed by atoms with Crippen LogP contribution >= 0.6 is 28.3 Å². The number of H-pyrrole nitrogens is 1. The first-order chi connectivity index (χ1) is 6.18. The van der Waals surface area contributed by atoms with Crippen LogP contribution in [0, 0.1) is 0 Å². The summed E-state index contributed by atoms with van der Waals surface area (Å²) in [5.41, 5.74) is 1.64. The van der Waals surface area contributed by atoms with Crippen LogP contribution in [0.5, 0.6) is 0 Å². The molecule has 14 heavy (non-hydrogen) atoms. The van der Waals surface area contributed by atoms with Gasteiger partial charge in [0.2, 0.25) is 0 Å². The maximum absolute atomic E-state index is 10.6. The smallest absolute Gasteiger partial charge is 0.337 e. The van der Waals surface area contributed by atoms with Gasteiger partial charge in [-0.05, 0) is 22.0 Å². The fraction of sp³-hybridized carbons (Fsp3) is 0. The summed E-state index contributed by atoms with van der Waals surface area (Å²) in [4.78, 5) is 17.5. The van der Waals surface area contributed by atoms with E-state index in [9.17, 15) is 4.79 Å². The van der Waals surface area contributed by atoms with Crippen LogP contribution in [0.15, 0.2) is 22.9 Å². The Hall–Kier alpha value is -1.07. The van der Waals surface area contributed by atoms with Gasteiger partial charge >= 0.3 is 5.97 Å². The Morgan fingerprint density at radius 2 is 2.29 bits per heavy atom. The highest BCUT2D eigenvalue weighted by molar-refractivity contribution is 9.10. The lowest BCUT2D eigenvalue weighted by Gasteiger charge is -1.93. The lowest BCUT2D eigenvalue weighted by molar-refractivity contribution is 0.0696. The number of aromatic carboxylic acids is 1. The number of carboxylic acid groups (broad SMARTS) is 1. The van der Waals surface area contributed by atoms with E-state index in [1.165, 1.54) is 6.20 Å². The van der Waals surface area contributed by atoms with E-state index in [1.54, 1.807) is 12.3 Å². The Kier molecular flexibility index (Phi) is 3.13. The Balaban J connectivity index is 0.000000980. The second-order valence-corrected chi connectivity index (χ2v) is 3.42. The summed E-state index contributed by atoms with van der Waals surface area (Å²) in [6.07, 6.45) is 3.06. The minimum atomic E-state index is -0.972. The van der Waals surface area contributed by atoms with Crippen LogP contribution in [0.25, 0.3) is 11.0 Å². The van der Waals surface area contributed by atoms with Crippen LogP contribution in [0.3, 0.4) is 0 Å². The van der Waals surface area contributed by atoms with Crippen molar-refractivity contribution in [2.45, 2.75) is 0 Å². The highest BCUT2D eigenvalue weighted by atomic mass is 79.9. The molecule has 6 heteroatoms. The van der Waals surface area contributed by atoms with Gasteiger partial charge < -0.3 is 10.1 Å². The van der Waals surface area contributed by atoms with Crippen molar-refractivity contribution in [3.63, 3.8) is 0 Å². The lowest BCUT2D eigenvalue weighted by atomic mass is 10.2. The molecule has 0 aliphatic carbocycles. The van der Waals surface area contributed by atoms with E-state index in [-0.39, 0.29) is 18.0 Å². The van der Waals surface area contributed by atoms with Gasteiger partial charge in [0.15, 0.2) is 0 Å². The number of aromatic amines is 1. The summed E-state index contributed by atoms with van der Waals surface area (Å²) in [5.74, 6) is -0.972. The third kappa shape index (κ3) is 1.73. The summed E-state index contributed by atoms with van der Waals surface area (Å²) in [6.45, 7) is 0. The normalized spacial score (nSPS) is 9.79. The highest BCUT2D eigenvalue weighted by Gasteiger charge is 2.07. The van der Waals surface area contributed by atoms with Crippen molar-refractivity contribution in [1.29, 1.82) is 0 Å². The summed E-state index contributed by atoms with van der Waals surface area (Å²) < 4.78 is 0.833. The van der Waals surface area contributed by atoms with E-state index >= 15 is 0 Å². The number of pyridine rings is 1. The molecule has 2 heterocycles. The number of nitrogens with one attached hydrogen (secondary N) is 1. The molecule has 0 aliphatic heterocycles. The van der Waals surface area contributed by atoms with Crippen molar-refractivity contribution >= 4 is 45.3 Å². The second-order valence-electron chi connectivity index (χ2n) is 2.56. The SMILES string of the molecule is Cl.O=C(O)c1cnc2c(Br)c[nH]c2c1. The molecule has 0 bridgehead atoms. The molecule has 0 fully saturated rings. The first-order valence-electron chi connectivity index (χ1n) is 3.54. The van der Waals surface area contributed by atoms with Gasteiger partial charge in [0.25, 0.3) is 0 Å². The maximum atomic E-state index is 10.6. The summed E-state index contributed by atoms with van der Waals surface area (Å²) in [6, 6.07) is 1.55. The molecule has 2 N–H and O–H groups in total. The molecule has 0 amide bonds. The third-order valence-electron chi connectivity index (χ3n) is 1.72. The third-order valence-corrected chi connectivity index (χ3v) is 2.32. The predicted octanol–water partition coefficient (Wildman–Crippen LogP) is 2.45. The Morgan fingerprint density at radius 1 is 1.57 bits per heavy atom. The van der Waals surface area contributed by atoms with E-state index < -0.39 is 5.97 Å². The molecule has 0 spiro atoms. The first-order valence-corrected chi connectivity index (χ1v) is 4.33. The van der Waals surface area contributed by atoms with Gasteiger partial charge in [-0.3, -0.25) is 4.98 Å². The van der Waals surface area contributed by atoms with Crippen molar-refractivity contribution in [3.8, 4) is 0 Å². The minimum absolute atomic E-state index is 0. The fourth-order valence-electron chi connectivity index (χ4n) is 1.09. The monoisotopic (exact) mass is 276 g/mol. The predicted molar refractivity (Wildman–Crippen MR) is 58.0 cm³/mol. The number of fused-ring (bicyclic) bond motifs is 1. The van der Waals surface area contributed by atoms with Crippen LogP contribution in [0.1, 0.15) is 10.4 Å². The quantitative estimate of drug-likeness (QED) is 0.841. The Bertz CT molecular complexity index is 483. The first kappa shape index (κ1) is 11.0. The van der Waals surface area contributed by atoms with E-state index in [1.807, 2.05) is 0 Å². The van der Waals surface area contributed by atoms with E-state index in [2.05, 4.69) is 25.9 Å². The number of carboxylic acids is 1. The lowest BCUT2D eigenvalue weighted by Crippen LogP contribution is -1.96. The number of hydrogen-bond acceptors (Lipinski definition) is 2. The zero-order valence-corrected chi connectivity index (χ0v) is 9.22. The van der Waals surface area contributed by atoms with Crippen molar-refractivity contribution in [2.75, 3.05) is 0 Å². The molecule has 2 aromatic rings. The maximum Gasteiger partial charge on any atom is 0.337 e. The molecular formula is C8H6BrClN2O2. The Morgan fingerprint density at radius 3 is 2.93 bits per heavy atom. The number of carbonyl (C=O) groups is 1. The molecule has 0 radical (unpaired) electrons. The molecule has 0 saturated carbocycles. The molecule has 74 valence electrons. The molecule has 0 aromatic carbocycles. The summed E-state index contributed by atoms with van der Waals surface area (Å²) in [5, 5.41) is 8.69. The molecule has 2 rings (SSSR count). The number of hydrogen-bond donors (Lipinski definition) is 2. The molecule has 0 saturated heterocycles. The van der Waals surface area contributed by atoms with Crippen molar-refractivity contribution in [2.24, 2.45) is 0 Å². The number of nitrogens with zero attached hydrogens (tertiary/aromatic N) is 1. The van der Waals surface area contributed by atoms with Gasteiger partial charge in [-0.15, -0.1) is 12.4 Å². The molecular weight excluding hydrogens is 271 g/mol. The van der Waals surface area contributed by atoms with Gasteiger partial charge in [-0.25, -0.2) is 4.79 Å². The van der Waals surface area contributed by atoms with Crippen molar-refractivity contribution < 1.29 is 9.90 Å².